The van der Waals surface area contributed by atoms with Gasteiger partial charge in [0.25, 0.3) is 0 Å². The second-order valence-electron chi connectivity index (χ2n) is 3.15. The van der Waals surface area contributed by atoms with Gasteiger partial charge in [-0.1, -0.05) is 0 Å². The van der Waals surface area contributed by atoms with Gasteiger partial charge in [-0.3, -0.25) is 14.9 Å². The maximum absolute atomic E-state index is 13.2. The van der Waals surface area contributed by atoms with Crippen molar-refractivity contribution in [2.75, 3.05) is 6.61 Å². The molecule has 0 aromatic heterocycles. The van der Waals surface area contributed by atoms with Gasteiger partial charge in [0.2, 0.25) is 11.6 Å². The lowest BCUT2D eigenvalue weighted by Crippen LogP contribution is -2.08. The molecule has 1 aromatic rings. The Hall–Kier alpha value is -2.05. The molecule has 0 N–H and O–H groups in total. The van der Waals surface area contributed by atoms with E-state index in [-0.39, 0.29) is 18.6 Å². The number of nitrogens with zero attached hydrogens (tertiary/aromatic N) is 1. The van der Waals surface area contributed by atoms with Gasteiger partial charge < -0.3 is 4.74 Å². The van der Waals surface area contributed by atoms with E-state index in [0.717, 1.165) is 12.1 Å². The molecule has 0 saturated heterocycles. The molecule has 0 radical (unpaired) electrons. The average molecular weight is 245 g/mol. The molecule has 0 amide bonds. The highest BCUT2D eigenvalue weighted by Crippen LogP contribution is 2.23. The SMILES string of the molecule is CCOC(=O)Cc1cc(F)c([N+](=O)[O-])c(F)c1. The van der Waals surface area contributed by atoms with E-state index in [2.05, 4.69) is 4.74 Å². The van der Waals surface area contributed by atoms with Crippen LogP contribution in [0.25, 0.3) is 0 Å². The highest BCUT2D eigenvalue weighted by Gasteiger charge is 2.22. The van der Waals surface area contributed by atoms with Crippen LogP contribution < -0.4 is 0 Å². The van der Waals surface area contributed by atoms with Gasteiger partial charge in [0.1, 0.15) is 0 Å². The van der Waals surface area contributed by atoms with Gasteiger partial charge in [0.05, 0.1) is 18.0 Å². The highest BCUT2D eigenvalue weighted by molar-refractivity contribution is 5.72. The largest absolute Gasteiger partial charge is 0.466 e. The number of nitro groups is 1. The van der Waals surface area contributed by atoms with Gasteiger partial charge in [-0.2, -0.15) is 8.78 Å². The van der Waals surface area contributed by atoms with Crippen molar-refractivity contribution in [1.82, 2.24) is 0 Å². The Morgan fingerprint density at radius 2 is 1.94 bits per heavy atom. The molecule has 17 heavy (non-hydrogen) atoms. The number of benzene rings is 1. The minimum absolute atomic E-state index is 0.0101. The number of hydrogen-bond acceptors (Lipinski definition) is 4. The molecule has 1 aromatic carbocycles. The molecule has 0 saturated carbocycles. The van der Waals surface area contributed by atoms with Gasteiger partial charge in [0, 0.05) is 0 Å². The zero-order valence-corrected chi connectivity index (χ0v) is 8.91. The van der Waals surface area contributed by atoms with Gasteiger partial charge in [0.15, 0.2) is 0 Å². The highest BCUT2D eigenvalue weighted by atomic mass is 19.1. The molecule has 0 unspecified atom stereocenters. The fourth-order valence-corrected chi connectivity index (χ4v) is 1.27. The first-order valence-corrected chi connectivity index (χ1v) is 4.73. The first kappa shape index (κ1) is 13.0. The average Bonchev–Trinajstić information content (AvgIpc) is 2.15. The second-order valence-corrected chi connectivity index (χ2v) is 3.15. The molecule has 0 aliphatic heterocycles. The van der Waals surface area contributed by atoms with Crippen LogP contribution in [0.15, 0.2) is 12.1 Å². The van der Waals surface area contributed by atoms with E-state index in [9.17, 15) is 23.7 Å². The van der Waals surface area contributed by atoms with Crippen molar-refractivity contribution < 1.29 is 23.2 Å². The number of hydrogen-bond donors (Lipinski definition) is 0. The van der Waals surface area contributed by atoms with Gasteiger partial charge >= 0.3 is 11.7 Å². The normalized spacial score (nSPS) is 10.1. The number of ether oxygens (including phenoxy) is 1. The minimum Gasteiger partial charge on any atom is -0.466 e. The van der Waals surface area contributed by atoms with Crippen LogP contribution in [0.4, 0.5) is 14.5 Å². The number of halogens is 2. The predicted octanol–water partition coefficient (Wildman–Crippen LogP) is 1.98. The summed E-state index contributed by atoms with van der Waals surface area (Å²) < 4.78 is 30.9. The van der Waals surface area contributed by atoms with Crippen LogP contribution >= 0.6 is 0 Å². The summed E-state index contributed by atoms with van der Waals surface area (Å²) in [6.07, 6.45) is -0.334. The Kier molecular flexibility index (Phi) is 4.08. The second kappa shape index (κ2) is 5.33. The van der Waals surface area contributed by atoms with Crippen LogP contribution in [0.3, 0.4) is 0 Å². The van der Waals surface area contributed by atoms with Crippen molar-refractivity contribution >= 4 is 11.7 Å². The lowest BCUT2D eigenvalue weighted by Gasteiger charge is -2.03. The molecular formula is C10H9F2NO4. The molecule has 7 heteroatoms. The molecule has 0 atom stereocenters. The third kappa shape index (κ3) is 3.20. The number of esters is 1. The maximum Gasteiger partial charge on any atom is 0.340 e. The Bertz CT molecular complexity index is 439. The summed E-state index contributed by atoms with van der Waals surface area (Å²) in [4.78, 5) is 20.2. The molecule has 0 aliphatic rings. The molecule has 0 aliphatic carbocycles. The number of carbonyl (C=O) groups excluding carboxylic acids is 1. The molecule has 92 valence electrons. The van der Waals surface area contributed by atoms with Crippen molar-refractivity contribution in [3.05, 3.63) is 39.4 Å². The van der Waals surface area contributed by atoms with Gasteiger partial charge in [-0.05, 0) is 24.6 Å². The summed E-state index contributed by atoms with van der Waals surface area (Å²) in [7, 11) is 0. The van der Waals surface area contributed by atoms with Crippen LogP contribution in [-0.2, 0) is 16.0 Å². The minimum atomic E-state index is -1.31. The number of rotatable bonds is 4. The molecule has 5 nitrogen and oxygen atoms in total. The van der Waals surface area contributed by atoms with Gasteiger partial charge in [-0.15, -0.1) is 0 Å². The summed E-state index contributed by atoms with van der Waals surface area (Å²) in [6.45, 7) is 1.74. The third-order valence-electron chi connectivity index (χ3n) is 1.91. The van der Waals surface area contributed by atoms with Crippen LogP contribution in [0.2, 0.25) is 0 Å². The molecule has 1 rings (SSSR count). The van der Waals surface area contributed by atoms with E-state index in [0.29, 0.717) is 0 Å². The van der Waals surface area contributed by atoms with E-state index in [1.165, 1.54) is 0 Å². The van der Waals surface area contributed by atoms with Crippen molar-refractivity contribution in [1.29, 1.82) is 0 Å². The van der Waals surface area contributed by atoms with Crippen LogP contribution in [-0.4, -0.2) is 17.5 Å². The summed E-state index contributed by atoms with van der Waals surface area (Å²) in [5.41, 5.74) is -1.23. The van der Waals surface area contributed by atoms with Crippen molar-refractivity contribution in [2.24, 2.45) is 0 Å². The first-order chi connectivity index (χ1) is 7.95. The fraction of sp³-hybridized carbons (Fsp3) is 0.300. The van der Waals surface area contributed by atoms with E-state index in [4.69, 9.17) is 0 Å². The van der Waals surface area contributed by atoms with Crippen molar-refractivity contribution in [2.45, 2.75) is 13.3 Å². The lowest BCUT2D eigenvalue weighted by molar-refractivity contribution is -0.390. The number of nitro benzene ring substituents is 1. The standard InChI is InChI=1S/C10H9F2NO4/c1-2-17-9(14)5-6-3-7(11)10(13(15)16)8(12)4-6/h3-4H,2,5H2,1H3. The molecule has 0 fully saturated rings. The third-order valence-corrected chi connectivity index (χ3v) is 1.91. The summed E-state index contributed by atoms with van der Waals surface area (Å²) >= 11 is 0. The Morgan fingerprint density at radius 1 is 1.41 bits per heavy atom. The fourth-order valence-electron chi connectivity index (χ4n) is 1.27. The summed E-state index contributed by atoms with van der Waals surface area (Å²) in [5, 5.41) is 10.3. The van der Waals surface area contributed by atoms with E-state index in [1.54, 1.807) is 6.92 Å². The smallest absolute Gasteiger partial charge is 0.340 e. The van der Waals surface area contributed by atoms with E-state index < -0.39 is 28.2 Å². The van der Waals surface area contributed by atoms with E-state index in [1.807, 2.05) is 0 Å². The summed E-state index contributed by atoms with van der Waals surface area (Å²) in [6, 6.07) is 1.50. The predicted molar refractivity (Wildman–Crippen MR) is 53.3 cm³/mol. The van der Waals surface area contributed by atoms with Crippen LogP contribution in [0.1, 0.15) is 12.5 Å². The maximum atomic E-state index is 13.2. The topological polar surface area (TPSA) is 69.4 Å². The van der Waals surface area contributed by atoms with Crippen LogP contribution in [0, 0.1) is 21.7 Å². The molecule has 0 heterocycles. The Morgan fingerprint density at radius 3 is 2.35 bits per heavy atom. The molecule has 0 bridgehead atoms. The lowest BCUT2D eigenvalue weighted by atomic mass is 10.1. The summed E-state index contributed by atoms with van der Waals surface area (Å²) in [5.74, 6) is -3.27. The van der Waals surface area contributed by atoms with E-state index >= 15 is 0 Å². The van der Waals surface area contributed by atoms with Crippen LogP contribution in [0.5, 0.6) is 0 Å². The first-order valence-electron chi connectivity index (χ1n) is 4.73. The van der Waals surface area contributed by atoms with Gasteiger partial charge in [-0.25, -0.2) is 0 Å². The number of carbonyl (C=O) groups is 1. The van der Waals surface area contributed by atoms with Crippen molar-refractivity contribution in [3.63, 3.8) is 0 Å². The van der Waals surface area contributed by atoms with Crippen molar-refractivity contribution in [3.8, 4) is 0 Å². The Balaban J connectivity index is 2.98. The molecular weight excluding hydrogens is 236 g/mol. The Labute approximate surface area is 95.2 Å². The zero-order chi connectivity index (χ0) is 13.0. The monoisotopic (exact) mass is 245 g/mol. The molecule has 0 spiro atoms. The zero-order valence-electron chi connectivity index (χ0n) is 8.91. The quantitative estimate of drug-likeness (QED) is 0.462.